The highest BCUT2D eigenvalue weighted by Gasteiger charge is 2.24. The lowest BCUT2D eigenvalue weighted by Gasteiger charge is -2.10. The van der Waals surface area contributed by atoms with Gasteiger partial charge >= 0.3 is 0 Å². The molecular weight excluding hydrogens is 246 g/mol. The van der Waals surface area contributed by atoms with Crippen molar-refractivity contribution in [2.24, 2.45) is 0 Å². The number of nitrogens with zero attached hydrogens (tertiary/aromatic N) is 1. The van der Waals surface area contributed by atoms with Gasteiger partial charge in [0.05, 0.1) is 11.2 Å². The normalized spacial score (nSPS) is 14.2. The minimum absolute atomic E-state index is 0.0365. The number of furan rings is 1. The Hall–Kier alpha value is -2.43. The largest absolute Gasteiger partial charge is 0.460 e. The van der Waals surface area contributed by atoms with Crippen molar-refractivity contribution in [2.45, 2.75) is 19.3 Å². The van der Waals surface area contributed by atoms with E-state index in [2.05, 4.69) is 0 Å². The Morgan fingerprint density at radius 3 is 2.58 bits per heavy atom. The predicted octanol–water partition coefficient (Wildman–Crippen LogP) is 3.37. The summed E-state index contributed by atoms with van der Waals surface area (Å²) < 4.78 is 5.35. The molecule has 1 aliphatic rings. The first-order chi connectivity index (χ1) is 9.16. The predicted molar refractivity (Wildman–Crippen MR) is 68.1 cm³/mol. The topological polar surface area (TPSA) is 73.3 Å². The van der Waals surface area contributed by atoms with Gasteiger partial charge < -0.3 is 4.42 Å². The molecule has 1 aromatic heterocycles. The molecule has 0 bridgehead atoms. The zero-order valence-electron chi connectivity index (χ0n) is 10.1. The summed E-state index contributed by atoms with van der Waals surface area (Å²) in [6, 6.07) is 6.28. The number of carbonyl (C=O) groups excluding carboxylic acids is 1. The summed E-state index contributed by atoms with van der Waals surface area (Å²) in [6.07, 6.45) is 3.73. The number of rotatable bonds is 2. The van der Waals surface area contributed by atoms with Crippen molar-refractivity contribution in [3.8, 4) is 11.1 Å². The fourth-order valence-corrected chi connectivity index (χ4v) is 2.41. The second-order valence-corrected chi connectivity index (χ2v) is 4.54. The molecule has 0 N–H and O–H groups in total. The molecule has 96 valence electrons. The van der Waals surface area contributed by atoms with Crippen LogP contribution in [-0.4, -0.2) is 10.7 Å². The molecule has 5 heteroatoms. The van der Waals surface area contributed by atoms with E-state index in [1.807, 2.05) is 0 Å². The first-order valence-corrected chi connectivity index (χ1v) is 6.05. The van der Waals surface area contributed by atoms with E-state index >= 15 is 0 Å². The fraction of sp³-hybridized carbons (Fsp3) is 0.214. The number of ketones is 1. The molecule has 0 saturated carbocycles. The van der Waals surface area contributed by atoms with E-state index in [0.29, 0.717) is 12.2 Å². The lowest BCUT2D eigenvalue weighted by Crippen LogP contribution is -2.08. The molecule has 1 aromatic carbocycles. The minimum atomic E-state index is -0.432. The maximum Gasteiger partial charge on any atom is 0.269 e. The van der Waals surface area contributed by atoms with E-state index in [4.69, 9.17) is 4.42 Å². The van der Waals surface area contributed by atoms with Gasteiger partial charge in [-0.15, -0.1) is 0 Å². The molecule has 0 aliphatic heterocycles. The molecule has 1 heterocycles. The maximum atomic E-state index is 11.7. The third-order valence-corrected chi connectivity index (χ3v) is 3.37. The molecule has 0 amide bonds. The standard InChI is InChI=1S/C14H11NO4/c16-13-3-1-2-11-12(8-19-14(11)13)9-4-6-10(7-5-9)15(17)18/h4-8H,1-3H2. The maximum absolute atomic E-state index is 11.7. The molecule has 0 atom stereocenters. The lowest BCUT2D eigenvalue weighted by atomic mass is 9.92. The molecule has 1 aliphatic carbocycles. The Morgan fingerprint density at radius 1 is 1.16 bits per heavy atom. The summed E-state index contributed by atoms with van der Waals surface area (Å²) in [5.74, 6) is 0.481. The summed E-state index contributed by atoms with van der Waals surface area (Å²) in [4.78, 5) is 21.9. The Bertz CT molecular complexity index is 655. The van der Waals surface area contributed by atoms with E-state index in [9.17, 15) is 14.9 Å². The van der Waals surface area contributed by atoms with Crippen LogP contribution >= 0.6 is 0 Å². The average Bonchev–Trinajstić information content (AvgIpc) is 2.84. The highest BCUT2D eigenvalue weighted by molar-refractivity contribution is 5.97. The van der Waals surface area contributed by atoms with Crippen molar-refractivity contribution < 1.29 is 14.1 Å². The van der Waals surface area contributed by atoms with E-state index in [1.54, 1.807) is 18.4 Å². The van der Waals surface area contributed by atoms with E-state index in [0.717, 1.165) is 29.5 Å². The summed E-state index contributed by atoms with van der Waals surface area (Å²) in [6.45, 7) is 0. The zero-order valence-corrected chi connectivity index (χ0v) is 10.1. The third kappa shape index (κ3) is 1.93. The molecule has 3 rings (SSSR count). The van der Waals surface area contributed by atoms with Crippen LogP contribution in [0.2, 0.25) is 0 Å². The van der Waals surface area contributed by atoms with Gasteiger partial charge in [-0.25, -0.2) is 0 Å². The number of nitro groups is 1. The van der Waals surface area contributed by atoms with Crippen molar-refractivity contribution in [1.82, 2.24) is 0 Å². The van der Waals surface area contributed by atoms with E-state index in [1.165, 1.54) is 12.1 Å². The highest BCUT2D eigenvalue weighted by atomic mass is 16.6. The Kier molecular flexibility index (Phi) is 2.67. The lowest BCUT2D eigenvalue weighted by molar-refractivity contribution is -0.384. The average molecular weight is 257 g/mol. The van der Waals surface area contributed by atoms with Crippen LogP contribution in [0.15, 0.2) is 34.9 Å². The van der Waals surface area contributed by atoms with Gasteiger partial charge in [-0.3, -0.25) is 14.9 Å². The molecule has 5 nitrogen and oxygen atoms in total. The molecule has 0 fully saturated rings. The molecule has 0 unspecified atom stereocenters. The SMILES string of the molecule is O=C1CCCc2c(-c3ccc([N+](=O)[O-])cc3)coc21. The molecule has 0 saturated heterocycles. The monoisotopic (exact) mass is 257 g/mol. The Morgan fingerprint density at radius 2 is 1.89 bits per heavy atom. The zero-order chi connectivity index (χ0) is 13.4. The molecule has 19 heavy (non-hydrogen) atoms. The number of hydrogen-bond donors (Lipinski definition) is 0. The number of non-ortho nitro benzene ring substituents is 1. The van der Waals surface area contributed by atoms with Crippen molar-refractivity contribution in [3.63, 3.8) is 0 Å². The quantitative estimate of drug-likeness (QED) is 0.610. The van der Waals surface area contributed by atoms with Crippen LogP contribution < -0.4 is 0 Å². The van der Waals surface area contributed by atoms with Gasteiger partial charge in [0.25, 0.3) is 5.69 Å². The number of carbonyl (C=O) groups is 1. The molecule has 0 radical (unpaired) electrons. The Labute approximate surface area is 109 Å². The van der Waals surface area contributed by atoms with Crippen LogP contribution in [0, 0.1) is 10.1 Å². The number of hydrogen-bond acceptors (Lipinski definition) is 4. The summed E-state index contributed by atoms with van der Waals surface area (Å²) in [5, 5.41) is 10.6. The first kappa shape index (κ1) is 11.6. The second-order valence-electron chi connectivity index (χ2n) is 4.54. The fourth-order valence-electron chi connectivity index (χ4n) is 2.41. The molecule has 2 aromatic rings. The van der Waals surface area contributed by atoms with E-state index in [-0.39, 0.29) is 11.5 Å². The van der Waals surface area contributed by atoms with Crippen molar-refractivity contribution in [1.29, 1.82) is 0 Å². The van der Waals surface area contributed by atoms with Crippen LogP contribution in [0.1, 0.15) is 29.0 Å². The number of benzene rings is 1. The first-order valence-electron chi connectivity index (χ1n) is 6.05. The third-order valence-electron chi connectivity index (χ3n) is 3.37. The van der Waals surface area contributed by atoms with Gasteiger partial charge in [-0.1, -0.05) is 0 Å². The van der Waals surface area contributed by atoms with E-state index < -0.39 is 4.92 Å². The number of nitro benzene ring substituents is 1. The molecular formula is C14H11NO4. The van der Waals surface area contributed by atoms with Crippen LogP contribution in [0.3, 0.4) is 0 Å². The van der Waals surface area contributed by atoms with Crippen LogP contribution in [0.25, 0.3) is 11.1 Å². The Balaban J connectivity index is 2.03. The second kappa shape index (κ2) is 4.35. The number of fused-ring (bicyclic) bond motifs is 1. The van der Waals surface area contributed by atoms with Gasteiger partial charge in [-0.05, 0) is 30.5 Å². The highest BCUT2D eigenvalue weighted by Crippen LogP contribution is 2.33. The number of Topliss-reactive ketones (excluding diaryl/α,β-unsaturated/α-hetero) is 1. The van der Waals surface area contributed by atoms with Gasteiger partial charge in [-0.2, -0.15) is 0 Å². The summed E-state index contributed by atoms with van der Waals surface area (Å²) in [7, 11) is 0. The van der Waals surface area contributed by atoms with Crippen molar-refractivity contribution in [3.05, 3.63) is 52.0 Å². The smallest absolute Gasteiger partial charge is 0.269 e. The van der Waals surface area contributed by atoms with Gasteiger partial charge in [0.2, 0.25) is 0 Å². The van der Waals surface area contributed by atoms with Crippen LogP contribution in [0.4, 0.5) is 5.69 Å². The molecule has 0 spiro atoms. The summed E-state index contributed by atoms with van der Waals surface area (Å²) >= 11 is 0. The van der Waals surface area contributed by atoms with Crippen molar-refractivity contribution >= 4 is 11.5 Å². The van der Waals surface area contributed by atoms with Gasteiger partial charge in [0.15, 0.2) is 11.5 Å². The van der Waals surface area contributed by atoms with Crippen LogP contribution in [0.5, 0.6) is 0 Å². The van der Waals surface area contributed by atoms with Crippen LogP contribution in [-0.2, 0) is 6.42 Å². The van der Waals surface area contributed by atoms with Gasteiger partial charge in [0, 0.05) is 29.7 Å². The minimum Gasteiger partial charge on any atom is -0.460 e. The van der Waals surface area contributed by atoms with Gasteiger partial charge in [0.1, 0.15) is 0 Å². The summed E-state index contributed by atoms with van der Waals surface area (Å²) in [5.41, 5.74) is 2.67. The van der Waals surface area contributed by atoms with Crippen molar-refractivity contribution in [2.75, 3.05) is 0 Å².